The van der Waals surface area contributed by atoms with E-state index in [9.17, 15) is 0 Å². The molecule has 8 rings (SSSR count). The fourth-order valence-corrected chi connectivity index (χ4v) is 7.48. The zero-order valence-corrected chi connectivity index (χ0v) is 24.5. The SMILES string of the molecule is [C-]#[N+]c1cccc2c1-c1c(-c3cc(-c4ccc(-c5ccccc5)cc4)nc(-c4ccccc4)n3)cccc1C21CCCCC1. The molecule has 44 heavy (non-hydrogen) atoms. The lowest BCUT2D eigenvalue weighted by Crippen LogP contribution is -2.27. The Bertz CT molecular complexity index is 2030. The van der Waals surface area contributed by atoms with E-state index in [1.807, 2.05) is 30.3 Å². The van der Waals surface area contributed by atoms with Gasteiger partial charge in [0.05, 0.1) is 18.0 Å². The van der Waals surface area contributed by atoms with Crippen molar-refractivity contribution in [2.75, 3.05) is 0 Å². The molecule has 210 valence electrons. The van der Waals surface area contributed by atoms with Gasteiger partial charge in [-0.25, -0.2) is 14.8 Å². The first-order valence-corrected chi connectivity index (χ1v) is 15.5. The van der Waals surface area contributed by atoms with Gasteiger partial charge in [-0.1, -0.05) is 141 Å². The van der Waals surface area contributed by atoms with Crippen LogP contribution in [0, 0.1) is 6.57 Å². The molecule has 1 spiro atoms. The normalized spacial score (nSPS) is 14.5. The van der Waals surface area contributed by atoms with Gasteiger partial charge in [-0.15, -0.1) is 0 Å². The first-order chi connectivity index (χ1) is 21.7. The summed E-state index contributed by atoms with van der Waals surface area (Å²) in [4.78, 5) is 14.3. The van der Waals surface area contributed by atoms with E-state index < -0.39 is 0 Å². The molecule has 0 unspecified atom stereocenters. The summed E-state index contributed by atoms with van der Waals surface area (Å²) in [6, 6.07) is 44.4. The second-order valence-electron chi connectivity index (χ2n) is 12.0. The van der Waals surface area contributed by atoms with Crippen LogP contribution in [0.15, 0.2) is 127 Å². The highest BCUT2D eigenvalue weighted by atomic mass is 14.9. The number of aromatic nitrogens is 2. The maximum atomic E-state index is 8.10. The molecule has 6 aromatic rings. The Morgan fingerprint density at radius 2 is 1.11 bits per heavy atom. The van der Waals surface area contributed by atoms with E-state index in [2.05, 4.69) is 102 Å². The van der Waals surface area contributed by atoms with E-state index >= 15 is 0 Å². The van der Waals surface area contributed by atoms with Crippen LogP contribution in [0.25, 0.3) is 61.0 Å². The predicted molar refractivity (Wildman–Crippen MR) is 179 cm³/mol. The Hall–Kier alpha value is -5.33. The predicted octanol–water partition coefficient (Wildman–Crippen LogP) is 10.9. The molecule has 0 N–H and O–H groups in total. The van der Waals surface area contributed by atoms with Gasteiger partial charge in [-0.05, 0) is 52.3 Å². The van der Waals surface area contributed by atoms with Crippen molar-refractivity contribution in [1.29, 1.82) is 0 Å². The first-order valence-electron chi connectivity index (χ1n) is 15.5. The van der Waals surface area contributed by atoms with Crippen molar-refractivity contribution in [1.82, 2.24) is 9.97 Å². The van der Waals surface area contributed by atoms with E-state index in [0.29, 0.717) is 5.82 Å². The van der Waals surface area contributed by atoms with E-state index in [-0.39, 0.29) is 5.41 Å². The van der Waals surface area contributed by atoms with E-state index in [1.54, 1.807) is 0 Å². The quantitative estimate of drug-likeness (QED) is 0.199. The third kappa shape index (κ3) is 4.26. The Labute approximate surface area is 258 Å². The Morgan fingerprint density at radius 1 is 0.523 bits per heavy atom. The number of fused-ring (bicyclic) bond motifs is 5. The molecule has 1 aromatic heterocycles. The molecule has 1 heterocycles. The fraction of sp³-hybridized carbons (Fsp3) is 0.146. The van der Waals surface area contributed by atoms with E-state index in [1.165, 1.54) is 47.1 Å². The van der Waals surface area contributed by atoms with Gasteiger partial charge in [0.2, 0.25) is 0 Å². The number of benzene rings is 5. The summed E-state index contributed by atoms with van der Waals surface area (Å²) in [5.74, 6) is 0.701. The largest absolute Gasteiger partial charge is 0.238 e. The lowest BCUT2D eigenvalue weighted by molar-refractivity contribution is 0.353. The highest BCUT2D eigenvalue weighted by molar-refractivity contribution is 5.98. The van der Waals surface area contributed by atoms with Gasteiger partial charge in [0.1, 0.15) is 0 Å². The number of rotatable bonds is 4. The summed E-state index contributed by atoms with van der Waals surface area (Å²) >= 11 is 0. The molecule has 2 aliphatic rings. The Balaban J connectivity index is 1.34. The van der Waals surface area contributed by atoms with Crippen molar-refractivity contribution >= 4 is 5.69 Å². The van der Waals surface area contributed by atoms with Crippen LogP contribution in [0.5, 0.6) is 0 Å². The molecular weight excluding hydrogens is 534 g/mol. The molecule has 1 saturated carbocycles. The van der Waals surface area contributed by atoms with Crippen LogP contribution >= 0.6 is 0 Å². The van der Waals surface area contributed by atoms with Gasteiger partial charge < -0.3 is 0 Å². The number of hydrogen-bond donors (Lipinski definition) is 0. The van der Waals surface area contributed by atoms with Gasteiger partial charge in [-0.3, -0.25) is 0 Å². The van der Waals surface area contributed by atoms with Crippen molar-refractivity contribution < 1.29 is 0 Å². The molecule has 0 radical (unpaired) electrons. The molecule has 0 saturated heterocycles. The molecule has 0 amide bonds. The van der Waals surface area contributed by atoms with Crippen LogP contribution < -0.4 is 0 Å². The average molecular weight is 566 g/mol. The van der Waals surface area contributed by atoms with Crippen LogP contribution in [-0.4, -0.2) is 9.97 Å². The van der Waals surface area contributed by atoms with Gasteiger partial charge in [0.15, 0.2) is 11.5 Å². The lowest BCUT2D eigenvalue weighted by atomic mass is 9.67. The molecule has 5 aromatic carbocycles. The maximum Gasteiger partial charge on any atom is 0.195 e. The molecule has 3 nitrogen and oxygen atoms in total. The zero-order valence-electron chi connectivity index (χ0n) is 24.5. The topological polar surface area (TPSA) is 30.1 Å². The number of hydrogen-bond acceptors (Lipinski definition) is 2. The molecule has 0 aliphatic heterocycles. The van der Waals surface area contributed by atoms with Crippen LogP contribution in [0.4, 0.5) is 5.69 Å². The summed E-state index contributed by atoms with van der Waals surface area (Å²) in [5, 5.41) is 0. The second kappa shape index (κ2) is 10.7. The van der Waals surface area contributed by atoms with Crippen molar-refractivity contribution in [2.45, 2.75) is 37.5 Å². The third-order valence-electron chi connectivity index (χ3n) is 9.54. The Morgan fingerprint density at radius 3 is 1.82 bits per heavy atom. The summed E-state index contributed by atoms with van der Waals surface area (Å²) in [5.41, 5.74) is 12.9. The summed E-state index contributed by atoms with van der Waals surface area (Å²) in [6.07, 6.45) is 5.93. The molecule has 1 fully saturated rings. The monoisotopic (exact) mass is 565 g/mol. The number of nitrogens with zero attached hydrogens (tertiary/aromatic N) is 3. The van der Waals surface area contributed by atoms with Gasteiger partial charge >= 0.3 is 0 Å². The smallest absolute Gasteiger partial charge is 0.195 e. The van der Waals surface area contributed by atoms with Gasteiger partial charge in [0, 0.05) is 22.1 Å². The molecular formula is C41H31N3. The summed E-state index contributed by atoms with van der Waals surface area (Å²) in [6.45, 7) is 8.10. The first kappa shape index (κ1) is 26.3. The lowest BCUT2D eigenvalue weighted by Gasteiger charge is -2.36. The van der Waals surface area contributed by atoms with Crippen LogP contribution in [0.1, 0.15) is 43.2 Å². The minimum Gasteiger partial charge on any atom is -0.238 e. The van der Waals surface area contributed by atoms with Crippen LogP contribution in [0.2, 0.25) is 0 Å². The van der Waals surface area contributed by atoms with Gasteiger partial charge in [-0.2, -0.15) is 0 Å². The minimum atomic E-state index is -0.0367. The zero-order chi connectivity index (χ0) is 29.5. The summed E-state index contributed by atoms with van der Waals surface area (Å²) < 4.78 is 0. The average Bonchev–Trinajstić information content (AvgIpc) is 3.38. The Kier molecular flexibility index (Phi) is 6.42. The van der Waals surface area contributed by atoms with Crippen molar-refractivity contribution in [3.05, 3.63) is 150 Å². The van der Waals surface area contributed by atoms with Crippen LogP contribution in [0.3, 0.4) is 0 Å². The molecule has 0 atom stereocenters. The van der Waals surface area contributed by atoms with E-state index in [4.69, 9.17) is 16.5 Å². The highest BCUT2D eigenvalue weighted by Crippen LogP contribution is 2.60. The van der Waals surface area contributed by atoms with Crippen molar-refractivity contribution in [3.63, 3.8) is 0 Å². The highest BCUT2D eigenvalue weighted by Gasteiger charge is 2.45. The molecule has 2 aliphatic carbocycles. The van der Waals surface area contributed by atoms with Crippen molar-refractivity contribution in [2.24, 2.45) is 0 Å². The third-order valence-corrected chi connectivity index (χ3v) is 9.54. The molecule has 3 heteroatoms. The fourth-order valence-electron chi connectivity index (χ4n) is 7.48. The second-order valence-corrected chi connectivity index (χ2v) is 12.0. The van der Waals surface area contributed by atoms with Crippen molar-refractivity contribution in [3.8, 4) is 56.2 Å². The standard InChI is InChI=1S/C41H31N3/c1-42-35-20-12-19-34-39(35)38-32(17-11-18-33(38)41(34)25-9-4-10-26-41)37-27-36(43-40(44-37)31-15-7-3-8-16-31)30-23-21-29(22-24-30)28-13-5-2-6-14-28/h2-3,5-8,11-24,27H,4,9-10,25-26H2. The van der Waals surface area contributed by atoms with Crippen LogP contribution in [-0.2, 0) is 5.41 Å². The summed E-state index contributed by atoms with van der Waals surface area (Å²) in [7, 11) is 0. The maximum absolute atomic E-state index is 8.10. The minimum absolute atomic E-state index is 0.0367. The molecule has 0 bridgehead atoms. The van der Waals surface area contributed by atoms with E-state index in [0.717, 1.165) is 52.2 Å². The van der Waals surface area contributed by atoms with Gasteiger partial charge in [0.25, 0.3) is 0 Å².